The van der Waals surface area contributed by atoms with Crippen LogP contribution in [0.4, 0.5) is 0 Å². The lowest BCUT2D eigenvalue weighted by atomic mass is 9.98. The number of carbonyl (C=O) groups excluding carboxylic acids is 4. The summed E-state index contributed by atoms with van der Waals surface area (Å²) in [6, 6.07) is -0.981. The minimum Gasteiger partial charge on any atom is -0.479 e. The molecule has 0 radical (unpaired) electrons. The number of esters is 2. The van der Waals surface area contributed by atoms with Crippen LogP contribution >= 0.6 is 23.1 Å². The van der Waals surface area contributed by atoms with Crippen LogP contribution in [0.2, 0.25) is 0 Å². The van der Waals surface area contributed by atoms with Crippen molar-refractivity contribution >= 4 is 58.5 Å². The molecule has 2 N–H and O–H groups in total. The molecule has 2 atom stereocenters. The average Bonchev–Trinajstić information content (AvgIpc) is 3.32. The van der Waals surface area contributed by atoms with E-state index in [2.05, 4.69) is 20.3 Å². The SMILES string of the molecule is CC(C)(C)C(=O)OCOC(=O)C1=CCSC2C(NC(=O)/C(=N/OCC(=O)O)c3cscn3)C(=O)N12. The lowest BCUT2D eigenvalue weighted by molar-refractivity contribution is -0.173. The summed E-state index contributed by atoms with van der Waals surface area (Å²) in [7, 11) is 0. The fourth-order valence-corrected chi connectivity index (χ4v) is 4.58. The Kier molecular flexibility index (Phi) is 8.11. The molecule has 2 aliphatic rings. The number of hydrogen-bond donors (Lipinski definition) is 2. The molecule has 2 aliphatic heterocycles. The van der Waals surface area contributed by atoms with Crippen LogP contribution in [-0.4, -0.2) is 81.0 Å². The molecule has 2 amide bonds. The Labute approximate surface area is 207 Å². The number of ether oxygens (including phenoxy) is 2. The molecule has 2 unspecified atom stereocenters. The number of oxime groups is 1. The van der Waals surface area contributed by atoms with Crippen LogP contribution in [0.1, 0.15) is 26.5 Å². The van der Waals surface area contributed by atoms with Crippen molar-refractivity contribution in [3.63, 3.8) is 0 Å². The summed E-state index contributed by atoms with van der Waals surface area (Å²) in [6.45, 7) is 3.59. The number of aliphatic carboxylic acids is 1. The predicted octanol–water partition coefficient (Wildman–Crippen LogP) is 0.322. The third-order valence-electron chi connectivity index (χ3n) is 4.57. The molecule has 0 aromatic carbocycles. The standard InChI is InChI=1S/C20H22N4O9S2/c1-20(2,3)19(30)32-9-31-18(29)11-4-5-35-17-14(16(28)24(11)17)22-15(27)13(10-7-34-8-21-10)23-33-6-12(25)26/h4,7-8,14,17H,5-6,9H2,1-3H3,(H,22,27)(H,25,26)/b23-13+. The summed E-state index contributed by atoms with van der Waals surface area (Å²) < 4.78 is 9.90. The van der Waals surface area contributed by atoms with E-state index in [1.165, 1.54) is 45.0 Å². The predicted molar refractivity (Wildman–Crippen MR) is 122 cm³/mol. The van der Waals surface area contributed by atoms with Crippen molar-refractivity contribution < 1.29 is 43.4 Å². The number of β-lactam (4-membered cyclic amide) rings is 1. The monoisotopic (exact) mass is 526 g/mol. The van der Waals surface area contributed by atoms with Crippen LogP contribution < -0.4 is 5.32 Å². The van der Waals surface area contributed by atoms with Gasteiger partial charge in [0, 0.05) is 11.1 Å². The van der Waals surface area contributed by atoms with E-state index in [9.17, 15) is 24.0 Å². The molecule has 13 nitrogen and oxygen atoms in total. The molecule has 1 saturated heterocycles. The maximum Gasteiger partial charge on any atom is 0.357 e. The van der Waals surface area contributed by atoms with E-state index >= 15 is 0 Å². The zero-order chi connectivity index (χ0) is 25.8. The highest BCUT2D eigenvalue weighted by Gasteiger charge is 2.53. The molecule has 15 heteroatoms. The van der Waals surface area contributed by atoms with Gasteiger partial charge in [0.05, 0.1) is 10.9 Å². The maximum absolute atomic E-state index is 12.8. The molecule has 0 aliphatic carbocycles. The Bertz CT molecular complexity index is 1080. The zero-order valence-corrected chi connectivity index (χ0v) is 20.5. The van der Waals surface area contributed by atoms with Gasteiger partial charge < -0.3 is 24.7 Å². The number of carboxylic acid groups (broad SMARTS) is 1. The lowest BCUT2D eigenvalue weighted by Gasteiger charge is -2.48. The van der Waals surface area contributed by atoms with Gasteiger partial charge in [-0.25, -0.2) is 14.6 Å². The summed E-state index contributed by atoms with van der Waals surface area (Å²) >= 11 is 2.49. The van der Waals surface area contributed by atoms with Crippen LogP contribution in [0.5, 0.6) is 0 Å². The van der Waals surface area contributed by atoms with E-state index in [1.54, 1.807) is 20.8 Å². The number of rotatable bonds is 9. The van der Waals surface area contributed by atoms with Gasteiger partial charge in [-0.1, -0.05) is 5.16 Å². The first-order chi connectivity index (χ1) is 16.5. The number of aromatic nitrogens is 1. The van der Waals surface area contributed by atoms with Gasteiger partial charge in [0.25, 0.3) is 11.8 Å². The molecular formula is C20H22N4O9S2. The zero-order valence-electron chi connectivity index (χ0n) is 18.9. The average molecular weight is 527 g/mol. The smallest absolute Gasteiger partial charge is 0.357 e. The Balaban J connectivity index is 1.62. The van der Waals surface area contributed by atoms with Crippen LogP contribution in [-0.2, 0) is 38.3 Å². The Morgan fingerprint density at radius 2 is 2.03 bits per heavy atom. The first-order valence-corrected chi connectivity index (χ1v) is 12.1. The number of nitrogens with one attached hydrogen (secondary N) is 1. The van der Waals surface area contributed by atoms with Crippen molar-refractivity contribution in [2.75, 3.05) is 19.2 Å². The summed E-state index contributed by atoms with van der Waals surface area (Å²) in [5.74, 6) is -3.68. The van der Waals surface area contributed by atoms with E-state index in [1.807, 2.05) is 0 Å². The highest BCUT2D eigenvalue weighted by atomic mass is 32.2. The number of hydrogen-bond acceptors (Lipinski definition) is 12. The van der Waals surface area contributed by atoms with Crippen LogP contribution in [0, 0.1) is 5.41 Å². The molecule has 0 spiro atoms. The summed E-state index contributed by atoms with van der Waals surface area (Å²) in [5.41, 5.74) is 0.511. The van der Waals surface area contributed by atoms with Crippen molar-refractivity contribution in [3.8, 4) is 0 Å². The molecule has 1 aromatic heterocycles. The van der Waals surface area contributed by atoms with E-state index in [-0.39, 0.29) is 17.1 Å². The summed E-state index contributed by atoms with van der Waals surface area (Å²) in [5, 5.41) is 15.7. The van der Waals surface area contributed by atoms with Gasteiger partial charge in [-0.05, 0) is 26.8 Å². The van der Waals surface area contributed by atoms with Crippen molar-refractivity contribution in [1.82, 2.24) is 15.2 Å². The molecule has 3 rings (SSSR count). The molecular weight excluding hydrogens is 504 g/mol. The van der Waals surface area contributed by atoms with Gasteiger partial charge >= 0.3 is 17.9 Å². The number of carbonyl (C=O) groups is 5. The van der Waals surface area contributed by atoms with Crippen LogP contribution in [0.15, 0.2) is 27.8 Å². The highest BCUT2D eigenvalue weighted by Crippen LogP contribution is 2.37. The minimum atomic E-state index is -1.28. The Hall–Kier alpha value is -3.46. The third-order valence-corrected chi connectivity index (χ3v) is 6.34. The molecule has 35 heavy (non-hydrogen) atoms. The van der Waals surface area contributed by atoms with Crippen molar-refractivity contribution in [3.05, 3.63) is 28.4 Å². The second kappa shape index (κ2) is 10.9. The number of carboxylic acids is 1. The molecule has 1 aromatic rings. The van der Waals surface area contributed by atoms with Crippen LogP contribution in [0.25, 0.3) is 0 Å². The Morgan fingerprint density at radius 1 is 1.29 bits per heavy atom. The number of thiazole rings is 1. The van der Waals surface area contributed by atoms with Crippen LogP contribution in [0.3, 0.4) is 0 Å². The molecule has 1 fully saturated rings. The van der Waals surface area contributed by atoms with E-state index in [4.69, 9.17) is 14.6 Å². The van der Waals surface area contributed by atoms with Gasteiger partial charge in [0.2, 0.25) is 13.4 Å². The van der Waals surface area contributed by atoms with Crippen molar-refractivity contribution in [2.45, 2.75) is 32.2 Å². The number of fused-ring (bicyclic) bond motifs is 1. The topological polar surface area (TPSA) is 174 Å². The second-order valence-electron chi connectivity index (χ2n) is 8.18. The third kappa shape index (κ3) is 6.16. The number of thioether (sulfide) groups is 1. The van der Waals surface area contributed by atoms with E-state index < -0.39 is 60.0 Å². The van der Waals surface area contributed by atoms with Gasteiger partial charge in [-0.15, -0.1) is 23.1 Å². The quantitative estimate of drug-likeness (QED) is 0.149. The Morgan fingerprint density at radius 3 is 2.66 bits per heavy atom. The van der Waals surface area contributed by atoms with E-state index in [0.717, 1.165) is 0 Å². The molecule has 0 bridgehead atoms. The largest absolute Gasteiger partial charge is 0.479 e. The molecule has 0 saturated carbocycles. The van der Waals surface area contributed by atoms with Gasteiger partial charge in [0.15, 0.2) is 5.71 Å². The first kappa shape index (κ1) is 26.2. The highest BCUT2D eigenvalue weighted by molar-refractivity contribution is 8.00. The second-order valence-corrected chi connectivity index (χ2v) is 10.1. The number of amides is 2. The lowest BCUT2D eigenvalue weighted by Crippen LogP contribution is -2.70. The fourth-order valence-electron chi connectivity index (χ4n) is 2.85. The van der Waals surface area contributed by atoms with Crippen molar-refractivity contribution in [2.24, 2.45) is 10.6 Å². The van der Waals surface area contributed by atoms with Gasteiger partial charge in [-0.2, -0.15) is 0 Å². The molecule has 3 heterocycles. The maximum atomic E-state index is 12.8. The van der Waals surface area contributed by atoms with E-state index in [0.29, 0.717) is 5.75 Å². The van der Waals surface area contributed by atoms with Gasteiger partial charge in [-0.3, -0.25) is 19.3 Å². The number of nitrogens with zero attached hydrogens (tertiary/aromatic N) is 3. The minimum absolute atomic E-state index is 0.0192. The fraction of sp³-hybridized carbons (Fsp3) is 0.450. The first-order valence-electron chi connectivity index (χ1n) is 10.1. The normalized spacial score (nSPS) is 19.6. The van der Waals surface area contributed by atoms with Crippen molar-refractivity contribution in [1.29, 1.82) is 0 Å². The molecule has 188 valence electrons. The van der Waals surface area contributed by atoms with Gasteiger partial charge in [0.1, 0.15) is 22.8 Å². The summed E-state index contributed by atoms with van der Waals surface area (Å²) in [6.07, 6.45) is 1.51. The summed E-state index contributed by atoms with van der Waals surface area (Å²) in [4.78, 5) is 70.4.